The molecule has 2 aromatic carbocycles. The number of rotatable bonds is 11. The zero-order valence-electron chi connectivity index (χ0n) is 22.8. The third kappa shape index (κ3) is 7.64. The number of carboxylic acid groups (broad SMARTS) is 1. The van der Waals surface area contributed by atoms with Crippen molar-refractivity contribution in [3.63, 3.8) is 0 Å². The normalized spacial score (nSPS) is 16.9. The number of nitrogens with zero attached hydrogens (tertiary/aromatic N) is 2. The van der Waals surface area contributed by atoms with Crippen LogP contribution in [0.2, 0.25) is 0 Å². The van der Waals surface area contributed by atoms with Crippen molar-refractivity contribution in [3.8, 4) is 22.9 Å². The van der Waals surface area contributed by atoms with E-state index in [-0.39, 0.29) is 19.1 Å². The van der Waals surface area contributed by atoms with E-state index in [1.54, 1.807) is 31.5 Å². The first-order valence-electron chi connectivity index (χ1n) is 12.7. The number of ether oxygens (including phenoxy) is 5. The van der Waals surface area contributed by atoms with Crippen molar-refractivity contribution in [2.45, 2.75) is 51.8 Å². The van der Waals surface area contributed by atoms with E-state index >= 15 is 0 Å². The minimum atomic E-state index is -1.37. The molecule has 2 heterocycles. The minimum Gasteiger partial charge on any atom is -0.496 e. The summed E-state index contributed by atoms with van der Waals surface area (Å²) in [7, 11) is 1.59. The number of esters is 1. The molecule has 0 amide bonds. The Kier molecular flexibility index (Phi) is 9.13. The molecule has 3 aromatic rings. The minimum absolute atomic E-state index is 0.0851. The van der Waals surface area contributed by atoms with Gasteiger partial charge in [0.2, 0.25) is 6.10 Å². The van der Waals surface area contributed by atoms with Crippen LogP contribution in [0.25, 0.3) is 17.5 Å². The van der Waals surface area contributed by atoms with Crippen LogP contribution in [0, 0.1) is 0 Å². The zero-order chi connectivity index (χ0) is 28.7. The highest BCUT2D eigenvalue weighted by atomic mass is 16.7. The topological polar surface area (TPSA) is 126 Å². The summed E-state index contributed by atoms with van der Waals surface area (Å²) in [5.74, 6) is -1.01. The number of aromatic nitrogens is 2. The fraction of sp³-hybridized carbons (Fsp3) is 0.333. The second-order valence-electron chi connectivity index (χ2n) is 9.59. The van der Waals surface area contributed by atoms with Crippen LogP contribution in [0.15, 0.2) is 60.8 Å². The fourth-order valence-corrected chi connectivity index (χ4v) is 4.20. The van der Waals surface area contributed by atoms with Gasteiger partial charge in [0, 0.05) is 19.5 Å². The summed E-state index contributed by atoms with van der Waals surface area (Å²) in [6.45, 7) is 5.40. The molecule has 1 aromatic heterocycles. The van der Waals surface area contributed by atoms with Gasteiger partial charge in [-0.15, -0.1) is 0 Å². The number of methoxy groups -OCH3 is 1. The Balaban J connectivity index is 1.57. The molecule has 0 aliphatic carbocycles. The molecule has 0 radical (unpaired) electrons. The van der Waals surface area contributed by atoms with Gasteiger partial charge in [-0.2, -0.15) is 0 Å². The lowest BCUT2D eigenvalue weighted by Gasteiger charge is -2.17. The van der Waals surface area contributed by atoms with Crippen molar-refractivity contribution >= 4 is 18.0 Å². The third-order valence-electron chi connectivity index (χ3n) is 6.04. The van der Waals surface area contributed by atoms with E-state index in [1.807, 2.05) is 56.3 Å². The highest BCUT2D eigenvalue weighted by molar-refractivity contribution is 5.77. The third-order valence-corrected chi connectivity index (χ3v) is 6.04. The average molecular weight is 549 g/mol. The Morgan fingerprint density at radius 3 is 2.67 bits per heavy atom. The molecule has 40 heavy (non-hydrogen) atoms. The summed E-state index contributed by atoms with van der Waals surface area (Å²) in [5.41, 5.74) is 2.71. The number of aliphatic carboxylic acids is 1. The smallest absolute Gasteiger partial charge is 0.345 e. The maximum absolute atomic E-state index is 11.8. The number of para-hydroxylation sites is 1. The summed E-state index contributed by atoms with van der Waals surface area (Å²) in [5, 5.41) is 9.64. The van der Waals surface area contributed by atoms with Crippen LogP contribution in [-0.2, 0) is 36.8 Å². The van der Waals surface area contributed by atoms with Gasteiger partial charge in [0.1, 0.15) is 24.2 Å². The highest BCUT2D eigenvalue weighted by Crippen LogP contribution is 2.28. The van der Waals surface area contributed by atoms with Gasteiger partial charge < -0.3 is 28.8 Å². The molecule has 1 aliphatic heterocycles. The Bertz CT molecular complexity index is 1390. The van der Waals surface area contributed by atoms with Crippen LogP contribution in [0.3, 0.4) is 0 Å². The Morgan fingerprint density at radius 1 is 1.18 bits per heavy atom. The molecule has 1 aliphatic rings. The summed E-state index contributed by atoms with van der Waals surface area (Å²) < 4.78 is 28.0. The van der Waals surface area contributed by atoms with E-state index in [9.17, 15) is 14.7 Å². The molecule has 1 saturated heterocycles. The predicted molar refractivity (Wildman–Crippen MR) is 146 cm³/mol. The van der Waals surface area contributed by atoms with E-state index in [1.165, 1.54) is 6.92 Å². The maximum Gasteiger partial charge on any atom is 0.345 e. The second kappa shape index (κ2) is 12.7. The molecular formula is C30H32N2O8. The first kappa shape index (κ1) is 28.7. The molecule has 0 bridgehead atoms. The Labute approximate surface area is 232 Å². The lowest BCUT2D eigenvalue weighted by Crippen LogP contribution is -2.28. The molecule has 4 rings (SSSR count). The van der Waals surface area contributed by atoms with Crippen LogP contribution >= 0.6 is 0 Å². The van der Waals surface area contributed by atoms with Gasteiger partial charge in [-0.1, -0.05) is 30.4 Å². The van der Waals surface area contributed by atoms with Gasteiger partial charge in [0.15, 0.2) is 11.6 Å². The van der Waals surface area contributed by atoms with E-state index in [0.717, 1.165) is 11.1 Å². The van der Waals surface area contributed by atoms with Crippen molar-refractivity contribution in [2.75, 3.05) is 13.7 Å². The van der Waals surface area contributed by atoms with Crippen molar-refractivity contribution < 1.29 is 38.4 Å². The van der Waals surface area contributed by atoms with Crippen LogP contribution in [0.4, 0.5) is 0 Å². The molecule has 0 saturated carbocycles. The lowest BCUT2D eigenvalue weighted by molar-refractivity contribution is -0.162. The first-order valence-corrected chi connectivity index (χ1v) is 12.7. The SMILES string of the molecule is COc1ccccc1-c1nccc(COc2ccc(/C=C/C3COC(C)(C)O3)cc2CC(OC(C)=O)C(=O)O)n1. The van der Waals surface area contributed by atoms with E-state index in [0.29, 0.717) is 35.2 Å². The standard InChI is InChI=1S/C30H32N2O8/c1-19(33)39-27(29(34)35)16-21-15-20(9-11-23-18-38-30(2,3)40-23)10-12-25(21)37-17-22-13-14-31-28(32-22)24-7-5-6-8-26(24)36-4/h5-15,23,27H,16-18H2,1-4H3,(H,34,35)/b11-9+. The maximum atomic E-state index is 11.8. The zero-order valence-corrected chi connectivity index (χ0v) is 22.8. The van der Waals surface area contributed by atoms with Crippen molar-refractivity contribution in [1.29, 1.82) is 0 Å². The largest absolute Gasteiger partial charge is 0.496 e. The van der Waals surface area contributed by atoms with Gasteiger partial charge in [0.25, 0.3) is 0 Å². The van der Waals surface area contributed by atoms with Crippen LogP contribution < -0.4 is 9.47 Å². The van der Waals surface area contributed by atoms with E-state index in [2.05, 4.69) is 9.97 Å². The second-order valence-corrected chi connectivity index (χ2v) is 9.59. The summed E-state index contributed by atoms with van der Waals surface area (Å²) in [6.07, 6.45) is 3.72. The molecule has 0 spiro atoms. The van der Waals surface area contributed by atoms with Crippen molar-refractivity contribution in [2.24, 2.45) is 0 Å². The van der Waals surface area contributed by atoms with E-state index < -0.39 is 23.8 Å². The van der Waals surface area contributed by atoms with Gasteiger partial charge >= 0.3 is 11.9 Å². The monoisotopic (exact) mass is 548 g/mol. The molecule has 1 fully saturated rings. The molecule has 10 heteroatoms. The Morgan fingerprint density at radius 2 is 1.98 bits per heavy atom. The van der Waals surface area contributed by atoms with Gasteiger partial charge in [-0.25, -0.2) is 14.8 Å². The molecule has 2 unspecified atom stereocenters. The number of benzene rings is 2. The number of carbonyl (C=O) groups excluding carboxylic acids is 1. The molecule has 10 nitrogen and oxygen atoms in total. The predicted octanol–water partition coefficient (Wildman–Crippen LogP) is 4.45. The van der Waals surface area contributed by atoms with Gasteiger partial charge in [-0.3, -0.25) is 4.79 Å². The van der Waals surface area contributed by atoms with E-state index in [4.69, 9.17) is 23.7 Å². The lowest BCUT2D eigenvalue weighted by atomic mass is 10.0. The van der Waals surface area contributed by atoms with Crippen LogP contribution in [-0.4, -0.2) is 58.7 Å². The number of carboxylic acids is 1. The van der Waals surface area contributed by atoms with Gasteiger partial charge in [-0.05, 0) is 55.3 Å². The van der Waals surface area contributed by atoms with Crippen LogP contribution in [0.5, 0.6) is 11.5 Å². The number of hydrogen-bond donors (Lipinski definition) is 1. The molecule has 210 valence electrons. The number of carbonyl (C=O) groups is 2. The summed E-state index contributed by atoms with van der Waals surface area (Å²) in [4.78, 5) is 32.3. The molecule has 1 N–H and O–H groups in total. The Hall–Kier alpha value is -4.28. The average Bonchev–Trinajstić information content (AvgIpc) is 3.29. The quantitative estimate of drug-likeness (QED) is 0.343. The molecule has 2 atom stereocenters. The van der Waals surface area contributed by atoms with Crippen LogP contribution in [0.1, 0.15) is 37.6 Å². The van der Waals surface area contributed by atoms with Crippen molar-refractivity contribution in [3.05, 3.63) is 77.6 Å². The van der Waals surface area contributed by atoms with Gasteiger partial charge in [0.05, 0.1) is 25.0 Å². The molecular weight excluding hydrogens is 516 g/mol. The highest BCUT2D eigenvalue weighted by Gasteiger charge is 2.31. The number of hydrogen-bond acceptors (Lipinski definition) is 9. The summed E-state index contributed by atoms with van der Waals surface area (Å²) in [6, 6.07) is 14.6. The summed E-state index contributed by atoms with van der Waals surface area (Å²) >= 11 is 0. The first-order chi connectivity index (χ1) is 19.1. The fourth-order valence-electron chi connectivity index (χ4n) is 4.20. The van der Waals surface area contributed by atoms with Crippen molar-refractivity contribution in [1.82, 2.24) is 9.97 Å².